The molecule has 1 atom stereocenters. The quantitative estimate of drug-likeness (QED) is 0.590. The summed E-state index contributed by atoms with van der Waals surface area (Å²) < 4.78 is 11.8. The first kappa shape index (κ1) is 18.7. The van der Waals surface area contributed by atoms with Gasteiger partial charge in [0.1, 0.15) is 23.5 Å². The Balaban J connectivity index is 1.57. The molecule has 3 N–H and O–H groups in total. The van der Waals surface area contributed by atoms with E-state index in [1.807, 2.05) is 18.2 Å². The summed E-state index contributed by atoms with van der Waals surface area (Å²) in [7, 11) is 0. The van der Waals surface area contributed by atoms with Gasteiger partial charge in [-0.05, 0) is 44.4 Å². The largest absolute Gasteiger partial charge is 0.488 e. The minimum atomic E-state index is -0.0795. The van der Waals surface area contributed by atoms with Crippen molar-refractivity contribution in [2.75, 3.05) is 30.3 Å². The molecule has 28 heavy (non-hydrogen) atoms. The number of nitrogens with zero attached hydrogens (tertiary/aromatic N) is 3. The first-order valence-electron chi connectivity index (χ1n) is 9.84. The maximum Gasteiger partial charge on any atom is 0.132 e. The van der Waals surface area contributed by atoms with Crippen LogP contribution in [0.25, 0.3) is 0 Å². The second-order valence-corrected chi connectivity index (χ2v) is 7.78. The van der Waals surface area contributed by atoms with E-state index in [2.05, 4.69) is 28.7 Å². The standard InChI is InChI=1S/C21H27N5O2/c1-3-14-12-26(8-9-27-14)19-11-18(24-13-25-19)20(23)16-10-15(4-5-17(16)22)28-21(2)6-7-21/h4-5,10-11,13-14,23H,3,6-9,12,22H2,1-2H3/t14-/m0/s1. The fourth-order valence-corrected chi connectivity index (χ4v) is 3.35. The number of ether oxygens (including phenoxy) is 2. The average molecular weight is 381 g/mol. The third-order valence-electron chi connectivity index (χ3n) is 5.44. The van der Waals surface area contributed by atoms with Crippen LogP contribution in [0.3, 0.4) is 0 Å². The molecular weight excluding hydrogens is 354 g/mol. The van der Waals surface area contributed by atoms with Crippen LogP contribution in [0.4, 0.5) is 11.5 Å². The van der Waals surface area contributed by atoms with E-state index < -0.39 is 0 Å². The number of hydrogen-bond donors (Lipinski definition) is 2. The highest BCUT2D eigenvalue weighted by atomic mass is 16.5. The number of nitrogen functional groups attached to an aromatic ring is 1. The van der Waals surface area contributed by atoms with Gasteiger partial charge < -0.3 is 20.1 Å². The SMILES string of the molecule is CC[C@H]1CN(c2cc(C(=N)c3cc(OC4(C)CC4)ccc3N)ncn2)CCO1. The molecule has 2 aliphatic rings. The number of aromatic nitrogens is 2. The third kappa shape index (κ3) is 3.94. The Morgan fingerprint density at radius 2 is 2.18 bits per heavy atom. The van der Waals surface area contributed by atoms with Gasteiger partial charge >= 0.3 is 0 Å². The van der Waals surface area contributed by atoms with Crippen molar-refractivity contribution in [2.24, 2.45) is 0 Å². The molecule has 1 aliphatic carbocycles. The highest BCUT2D eigenvalue weighted by molar-refractivity contribution is 6.13. The van der Waals surface area contributed by atoms with Crippen LogP contribution in [0, 0.1) is 5.41 Å². The molecule has 7 heteroatoms. The molecule has 0 unspecified atom stereocenters. The summed E-state index contributed by atoms with van der Waals surface area (Å²) >= 11 is 0. The number of nitrogens with two attached hydrogens (primary N) is 1. The fraction of sp³-hybridized carbons (Fsp3) is 0.476. The summed E-state index contributed by atoms with van der Waals surface area (Å²) in [6.45, 7) is 6.47. The van der Waals surface area contributed by atoms with Crippen molar-refractivity contribution in [1.82, 2.24) is 9.97 Å². The van der Waals surface area contributed by atoms with Crippen molar-refractivity contribution in [2.45, 2.75) is 44.8 Å². The number of anilines is 2. The lowest BCUT2D eigenvalue weighted by Crippen LogP contribution is -2.42. The van der Waals surface area contributed by atoms with E-state index in [-0.39, 0.29) is 17.4 Å². The first-order valence-corrected chi connectivity index (χ1v) is 9.84. The highest BCUT2D eigenvalue weighted by Gasteiger charge is 2.40. The third-order valence-corrected chi connectivity index (χ3v) is 5.44. The molecule has 148 valence electrons. The molecule has 1 aliphatic heterocycles. The number of benzene rings is 1. The molecule has 1 aromatic carbocycles. The lowest BCUT2D eigenvalue weighted by Gasteiger charge is -2.33. The summed E-state index contributed by atoms with van der Waals surface area (Å²) in [5.74, 6) is 1.55. The van der Waals surface area contributed by atoms with E-state index in [9.17, 15) is 0 Å². The van der Waals surface area contributed by atoms with Crippen molar-refractivity contribution in [3.63, 3.8) is 0 Å². The molecule has 1 aromatic heterocycles. The minimum absolute atomic E-state index is 0.0795. The second-order valence-electron chi connectivity index (χ2n) is 7.78. The summed E-state index contributed by atoms with van der Waals surface area (Å²) in [6, 6.07) is 7.35. The van der Waals surface area contributed by atoms with Crippen molar-refractivity contribution < 1.29 is 9.47 Å². The van der Waals surface area contributed by atoms with E-state index in [0.717, 1.165) is 43.9 Å². The lowest BCUT2D eigenvalue weighted by molar-refractivity contribution is 0.0381. The zero-order chi connectivity index (χ0) is 19.7. The highest BCUT2D eigenvalue weighted by Crippen LogP contribution is 2.40. The van der Waals surface area contributed by atoms with Crippen LogP contribution in [0.1, 0.15) is 44.4 Å². The molecule has 0 bridgehead atoms. The first-order chi connectivity index (χ1) is 13.5. The Morgan fingerprint density at radius 3 is 2.93 bits per heavy atom. The molecule has 0 amide bonds. The van der Waals surface area contributed by atoms with Gasteiger partial charge in [0.25, 0.3) is 0 Å². The summed E-state index contributed by atoms with van der Waals surface area (Å²) in [4.78, 5) is 10.9. The Bertz CT molecular complexity index is 881. The van der Waals surface area contributed by atoms with Crippen molar-refractivity contribution in [3.05, 3.63) is 41.9 Å². The predicted octanol–water partition coefficient (Wildman–Crippen LogP) is 3.02. The van der Waals surface area contributed by atoms with E-state index >= 15 is 0 Å². The van der Waals surface area contributed by atoms with Crippen LogP contribution in [0.15, 0.2) is 30.6 Å². The average Bonchev–Trinajstić information content (AvgIpc) is 3.45. The molecule has 2 heterocycles. The van der Waals surface area contributed by atoms with E-state index in [0.29, 0.717) is 23.6 Å². The molecule has 0 radical (unpaired) electrons. The normalized spacial score (nSPS) is 20.6. The molecule has 0 spiro atoms. The Morgan fingerprint density at radius 1 is 1.36 bits per heavy atom. The van der Waals surface area contributed by atoms with Crippen LogP contribution in [0.5, 0.6) is 5.75 Å². The summed E-state index contributed by atoms with van der Waals surface area (Å²) in [5, 5.41) is 8.67. The van der Waals surface area contributed by atoms with Crippen LogP contribution in [-0.4, -0.2) is 47.1 Å². The van der Waals surface area contributed by atoms with Gasteiger partial charge in [-0.3, -0.25) is 5.41 Å². The molecule has 1 saturated heterocycles. The lowest BCUT2D eigenvalue weighted by atomic mass is 10.0. The van der Waals surface area contributed by atoms with Crippen LogP contribution in [0.2, 0.25) is 0 Å². The van der Waals surface area contributed by atoms with Gasteiger partial charge in [0.05, 0.1) is 24.1 Å². The fourth-order valence-electron chi connectivity index (χ4n) is 3.35. The maximum atomic E-state index is 8.67. The molecule has 1 saturated carbocycles. The number of rotatable bonds is 6. The van der Waals surface area contributed by atoms with Gasteiger partial charge in [0.15, 0.2) is 0 Å². The molecule has 7 nitrogen and oxygen atoms in total. The minimum Gasteiger partial charge on any atom is -0.488 e. The monoisotopic (exact) mass is 381 g/mol. The zero-order valence-corrected chi connectivity index (χ0v) is 16.4. The summed E-state index contributed by atoms with van der Waals surface area (Å²) in [6.07, 6.45) is 4.79. The van der Waals surface area contributed by atoms with Crippen LogP contribution in [-0.2, 0) is 4.74 Å². The van der Waals surface area contributed by atoms with Crippen molar-refractivity contribution in [1.29, 1.82) is 5.41 Å². The number of nitrogens with one attached hydrogen (secondary N) is 1. The van der Waals surface area contributed by atoms with Gasteiger partial charge in [-0.25, -0.2) is 9.97 Å². The van der Waals surface area contributed by atoms with E-state index in [1.165, 1.54) is 6.33 Å². The predicted molar refractivity (Wildman–Crippen MR) is 109 cm³/mol. The zero-order valence-electron chi connectivity index (χ0n) is 16.4. The van der Waals surface area contributed by atoms with Gasteiger partial charge in [-0.1, -0.05) is 6.92 Å². The maximum absolute atomic E-state index is 8.67. The van der Waals surface area contributed by atoms with Crippen molar-refractivity contribution in [3.8, 4) is 5.75 Å². The number of hydrogen-bond acceptors (Lipinski definition) is 7. The Labute approximate surface area is 165 Å². The summed E-state index contributed by atoms with van der Waals surface area (Å²) in [5.41, 5.74) is 8.06. The Kier molecular flexibility index (Phi) is 4.93. The Hall–Kier alpha value is -2.67. The van der Waals surface area contributed by atoms with E-state index in [1.54, 1.807) is 6.07 Å². The topological polar surface area (TPSA) is 97.4 Å². The molecule has 2 aromatic rings. The van der Waals surface area contributed by atoms with Gasteiger partial charge in [0.2, 0.25) is 0 Å². The van der Waals surface area contributed by atoms with Gasteiger partial charge in [-0.15, -0.1) is 0 Å². The van der Waals surface area contributed by atoms with Crippen molar-refractivity contribution >= 4 is 17.2 Å². The number of morpholine rings is 1. The second kappa shape index (κ2) is 7.39. The smallest absolute Gasteiger partial charge is 0.132 e. The van der Waals surface area contributed by atoms with Crippen LogP contribution >= 0.6 is 0 Å². The molecule has 4 rings (SSSR count). The van der Waals surface area contributed by atoms with Gasteiger partial charge in [0, 0.05) is 30.4 Å². The van der Waals surface area contributed by atoms with Crippen LogP contribution < -0.4 is 15.4 Å². The van der Waals surface area contributed by atoms with E-state index in [4.69, 9.17) is 20.6 Å². The van der Waals surface area contributed by atoms with Gasteiger partial charge in [-0.2, -0.15) is 0 Å². The molecular formula is C21H27N5O2. The molecule has 2 fully saturated rings.